The molecule has 5 rings (SSSR count). The van der Waals surface area contributed by atoms with Crippen molar-refractivity contribution in [3.8, 4) is 5.75 Å². The third-order valence-electron chi connectivity index (χ3n) is 8.16. The number of carboxylic acids is 1. The second-order valence-corrected chi connectivity index (χ2v) is 11.6. The Bertz CT molecular complexity index is 1620. The Morgan fingerprint density at radius 2 is 1.86 bits per heavy atom. The molecule has 1 aliphatic heterocycles. The summed E-state index contributed by atoms with van der Waals surface area (Å²) in [7, 11) is 1.36. The minimum absolute atomic E-state index is 0.0658. The first-order valence-corrected chi connectivity index (χ1v) is 14.1. The van der Waals surface area contributed by atoms with Crippen molar-refractivity contribution >= 4 is 40.1 Å². The number of amides is 1. The second kappa shape index (κ2) is 11.5. The summed E-state index contributed by atoms with van der Waals surface area (Å²) in [6, 6.07) is 5.24. The smallest absolute Gasteiger partial charge is 0.317 e. The Kier molecular flexibility index (Phi) is 8.17. The van der Waals surface area contributed by atoms with Crippen LogP contribution in [0.1, 0.15) is 47.8 Å². The number of benzene rings is 2. The highest BCUT2D eigenvalue weighted by Crippen LogP contribution is 2.45. The number of anilines is 1. The number of carbonyl (C=O) groups is 2. The van der Waals surface area contributed by atoms with Crippen molar-refractivity contribution in [1.82, 2.24) is 14.8 Å². The number of piperazine rings is 1. The predicted molar refractivity (Wildman–Crippen MR) is 156 cm³/mol. The fourth-order valence-corrected chi connectivity index (χ4v) is 6.16. The van der Waals surface area contributed by atoms with E-state index in [0.29, 0.717) is 18.1 Å². The van der Waals surface area contributed by atoms with E-state index < -0.39 is 35.3 Å². The number of alkyl halides is 1. The number of nitrogens with zero attached hydrogens (tertiary/aromatic N) is 3. The van der Waals surface area contributed by atoms with Gasteiger partial charge in [0.2, 0.25) is 5.43 Å². The van der Waals surface area contributed by atoms with Gasteiger partial charge in [0.25, 0.3) is 5.91 Å². The molecule has 1 aromatic heterocycles. The molecule has 1 saturated carbocycles. The highest BCUT2D eigenvalue weighted by molar-refractivity contribution is 6.30. The summed E-state index contributed by atoms with van der Waals surface area (Å²) in [5, 5.41) is 12.5. The van der Waals surface area contributed by atoms with Crippen molar-refractivity contribution in [2.75, 3.05) is 31.6 Å². The van der Waals surface area contributed by atoms with E-state index >= 15 is 4.39 Å². The zero-order chi connectivity index (χ0) is 30.5. The van der Waals surface area contributed by atoms with Crippen molar-refractivity contribution in [1.29, 1.82) is 0 Å². The first-order chi connectivity index (χ1) is 19.9. The van der Waals surface area contributed by atoms with Gasteiger partial charge in [-0.1, -0.05) is 17.7 Å². The van der Waals surface area contributed by atoms with Gasteiger partial charge in [-0.05, 0) is 50.1 Å². The third-order valence-corrected chi connectivity index (χ3v) is 8.40. The largest absolute Gasteiger partial charge is 0.492 e. The Morgan fingerprint density at radius 3 is 2.43 bits per heavy atom. The highest BCUT2D eigenvalue weighted by atomic mass is 35.5. The van der Waals surface area contributed by atoms with Gasteiger partial charge in [0, 0.05) is 49.4 Å². The summed E-state index contributed by atoms with van der Waals surface area (Å²) in [4.78, 5) is 41.8. The van der Waals surface area contributed by atoms with Crippen molar-refractivity contribution < 1.29 is 28.2 Å². The van der Waals surface area contributed by atoms with Gasteiger partial charge in [0.15, 0.2) is 11.6 Å². The van der Waals surface area contributed by atoms with Crippen molar-refractivity contribution in [3.63, 3.8) is 0 Å². The van der Waals surface area contributed by atoms with E-state index in [4.69, 9.17) is 16.3 Å². The molecular weight excluding hydrogens is 570 g/mol. The zero-order valence-corrected chi connectivity index (χ0v) is 24.5. The van der Waals surface area contributed by atoms with Crippen LogP contribution in [0.25, 0.3) is 10.9 Å². The number of aliphatic carboxylic acids is 1. The number of hydrogen-bond acceptors (Lipinski definition) is 6. The molecule has 2 aromatic carbocycles. The molecule has 1 saturated heterocycles. The molecule has 2 fully saturated rings. The summed E-state index contributed by atoms with van der Waals surface area (Å²) < 4.78 is 37.7. The van der Waals surface area contributed by atoms with Crippen molar-refractivity contribution in [2.45, 2.75) is 58.0 Å². The number of rotatable bonds is 8. The Balaban J connectivity index is 1.57. The molecule has 4 atom stereocenters. The molecule has 0 bridgehead atoms. The van der Waals surface area contributed by atoms with Crippen LogP contribution < -0.4 is 20.4 Å². The number of pyridine rings is 1. The maximum Gasteiger partial charge on any atom is 0.317 e. The van der Waals surface area contributed by atoms with E-state index in [2.05, 4.69) is 5.32 Å². The van der Waals surface area contributed by atoms with Crippen molar-refractivity contribution in [3.05, 3.63) is 68.2 Å². The maximum absolute atomic E-state index is 15.9. The number of aryl methyl sites for hydroxylation is 1. The van der Waals surface area contributed by atoms with Crippen LogP contribution in [0.3, 0.4) is 0 Å². The van der Waals surface area contributed by atoms with Gasteiger partial charge in [-0.15, -0.1) is 0 Å². The summed E-state index contributed by atoms with van der Waals surface area (Å²) in [6.45, 7) is 6.18. The number of carbonyl (C=O) groups excluding carboxylic acids is 1. The topological polar surface area (TPSA) is 104 Å². The summed E-state index contributed by atoms with van der Waals surface area (Å²) >= 11 is 6.02. The van der Waals surface area contributed by atoms with Crippen LogP contribution >= 0.6 is 11.6 Å². The monoisotopic (exact) mass is 602 g/mol. The molecule has 2 heterocycles. The molecule has 42 heavy (non-hydrogen) atoms. The van der Waals surface area contributed by atoms with Gasteiger partial charge in [0.05, 0.1) is 30.6 Å². The van der Waals surface area contributed by atoms with Crippen LogP contribution in [0.15, 0.2) is 35.3 Å². The number of halogens is 3. The summed E-state index contributed by atoms with van der Waals surface area (Å²) in [5.74, 6) is -2.28. The van der Waals surface area contributed by atoms with Gasteiger partial charge in [-0.2, -0.15) is 0 Å². The lowest BCUT2D eigenvalue weighted by molar-refractivity contribution is -0.139. The highest BCUT2D eigenvalue weighted by Gasteiger charge is 2.42. The van der Waals surface area contributed by atoms with E-state index in [0.717, 1.165) is 17.2 Å². The lowest BCUT2D eigenvalue weighted by Gasteiger charge is -2.45. The maximum atomic E-state index is 15.9. The van der Waals surface area contributed by atoms with Crippen LogP contribution in [-0.4, -0.2) is 71.4 Å². The number of nitrogens with one attached hydrogen (secondary N) is 1. The number of aromatic nitrogens is 1. The molecule has 224 valence electrons. The lowest BCUT2D eigenvalue weighted by atomic mass is 10.0. The Morgan fingerprint density at radius 1 is 1.19 bits per heavy atom. The Labute approximate surface area is 246 Å². The summed E-state index contributed by atoms with van der Waals surface area (Å²) in [6.07, 6.45) is 0.321. The van der Waals surface area contributed by atoms with Gasteiger partial charge < -0.3 is 24.6 Å². The molecule has 0 radical (unpaired) electrons. The molecule has 9 nitrogen and oxygen atoms in total. The van der Waals surface area contributed by atoms with Crippen LogP contribution in [-0.2, 0) is 11.3 Å². The lowest BCUT2D eigenvalue weighted by Crippen LogP contribution is -2.58. The fraction of sp³-hybridized carbons (Fsp3) is 0.433. The fourth-order valence-electron chi connectivity index (χ4n) is 5.93. The molecule has 1 amide bonds. The number of hydrogen-bond donors (Lipinski definition) is 2. The molecule has 3 aromatic rings. The van der Waals surface area contributed by atoms with E-state index in [1.165, 1.54) is 17.9 Å². The van der Waals surface area contributed by atoms with Crippen molar-refractivity contribution in [2.24, 2.45) is 0 Å². The average molecular weight is 603 g/mol. The van der Waals surface area contributed by atoms with Crippen LogP contribution in [0.5, 0.6) is 5.75 Å². The first kappa shape index (κ1) is 29.8. The van der Waals surface area contributed by atoms with Crippen LogP contribution in [0.4, 0.5) is 14.5 Å². The standard InChI is InChI=1S/C30H33ClF2N4O5/c1-15-7-19(31)6-5-18(15)10-34-30(41)21-13-37(24-9-22(24)32)26-20(28(21)40)8-23(33)27(29(26)42-4)35-11-16(2)36(14-25(38)39)17(3)12-35/h5-8,13,16-17,22,24H,9-12,14H2,1-4H3,(H,34,41)(H,38,39)/t16-,17+,22-,24+/m1/s1. The quantitative estimate of drug-likeness (QED) is 0.396. The zero-order valence-electron chi connectivity index (χ0n) is 23.8. The third kappa shape index (κ3) is 5.55. The minimum atomic E-state index is -1.19. The average Bonchev–Trinajstić information content (AvgIpc) is 3.65. The van der Waals surface area contributed by atoms with Gasteiger partial charge >= 0.3 is 5.97 Å². The second-order valence-electron chi connectivity index (χ2n) is 11.2. The Hall–Kier alpha value is -3.70. The molecule has 0 unspecified atom stereocenters. The SMILES string of the molecule is COc1c(N2C[C@@H](C)N(CC(=O)O)[C@@H](C)C2)c(F)cc2c(=O)c(C(=O)NCc3ccc(Cl)cc3C)cn([C@H]3C[C@H]3F)c12. The van der Waals surface area contributed by atoms with E-state index in [1.54, 1.807) is 23.1 Å². The molecule has 12 heteroatoms. The molecule has 0 spiro atoms. The molecular formula is C30H33ClF2N4O5. The first-order valence-electron chi connectivity index (χ1n) is 13.8. The number of fused-ring (bicyclic) bond motifs is 1. The van der Waals surface area contributed by atoms with E-state index in [-0.39, 0.29) is 59.5 Å². The molecule has 2 aliphatic rings. The van der Waals surface area contributed by atoms with Crippen LogP contribution in [0, 0.1) is 12.7 Å². The van der Waals surface area contributed by atoms with Gasteiger partial charge in [0.1, 0.15) is 17.4 Å². The predicted octanol–water partition coefficient (Wildman–Crippen LogP) is 4.31. The number of carboxylic acid groups (broad SMARTS) is 1. The van der Waals surface area contributed by atoms with Crippen LogP contribution in [0.2, 0.25) is 5.02 Å². The molecule has 2 N–H and O–H groups in total. The minimum Gasteiger partial charge on any atom is -0.492 e. The van der Waals surface area contributed by atoms with E-state index in [9.17, 15) is 23.9 Å². The van der Waals surface area contributed by atoms with E-state index in [1.807, 2.05) is 25.7 Å². The van der Waals surface area contributed by atoms with Gasteiger partial charge in [-0.3, -0.25) is 19.3 Å². The number of ether oxygens (including phenoxy) is 1. The molecule has 1 aliphatic carbocycles. The normalized spacial score (nSPS) is 22.3. The summed E-state index contributed by atoms with van der Waals surface area (Å²) in [5.41, 5.74) is 1.07. The van der Waals surface area contributed by atoms with Gasteiger partial charge in [-0.25, -0.2) is 8.78 Å². The number of methoxy groups -OCH3 is 1.